The Bertz CT molecular complexity index is 656. The Hall–Kier alpha value is -0.610. The van der Waals surface area contributed by atoms with Crippen molar-refractivity contribution in [3.05, 3.63) is 24.2 Å². The van der Waals surface area contributed by atoms with Gasteiger partial charge in [0.25, 0.3) is 0 Å². The van der Waals surface area contributed by atoms with Gasteiger partial charge < -0.3 is 15.1 Å². The molecule has 3 rings (SSSR count). The minimum Gasteiger partial charge on any atom is -0.469 e. The van der Waals surface area contributed by atoms with Gasteiger partial charge in [-0.1, -0.05) is 20.3 Å². The quantitative estimate of drug-likeness (QED) is 0.280. The Morgan fingerprint density at radius 2 is 2.17 bits per heavy atom. The van der Waals surface area contributed by atoms with Gasteiger partial charge in [0.1, 0.15) is 5.76 Å². The van der Waals surface area contributed by atoms with Crippen LogP contribution in [0.25, 0.3) is 0 Å². The van der Waals surface area contributed by atoms with Gasteiger partial charge in [-0.05, 0) is 57.3 Å². The van der Waals surface area contributed by atoms with Crippen LogP contribution < -0.4 is 10.6 Å². The van der Waals surface area contributed by atoms with Gasteiger partial charge in [-0.25, -0.2) is 0 Å². The molecule has 1 aliphatic carbocycles. The van der Waals surface area contributed by atoms with E-state index in [-0.39, 0.29) is 24.0 Å². The number of nitrogens with one attached hydrogen (secondary N) is 2. The monoisotopic (exact) mass is 550 g/mol. The Morgan fingerprint density at radius 3 is 2.90 bits per heavy atom. The second kappa shape index (κ2) is 13.7. The highest BCUT2D eigenvalue weighted by atomic mass is 127. The van der Waals surface area contributed by atoms with Gasteiger partial charge in [-0.15, -0.1) is 24.0 Å². The SMILES string of the molecule is CCN1CCCC1CN=C(NCCc1ccco1)NC1CCCC(S(=O)CC)C1.I. The van der Waals surface area contributed by atoms with Crippen molar-refractivity contribution in [1.82, 2.24) is 15.5 Å². The van der Waals surface area contributed by atoms with Crippen LogP contribution in [0.5, 0.6) is 0 Å². The van der Waals surface area contributed by atoms with Crippen LogP contribution in [0.1, 0.15) is 58.1 Å². The maximum Gasteiger partial charge on any atom is 0.191 e. The lowest BCUT2D eigenvalue weighted by Crippen LogP contribution is -2.47. The zero-order chi connectivity index (χ0) is 20.5. The smallest absolute Gasteiger partial charge is 0.191 e. The third-order valence-electron chi connectivity index (χ3n) is 6.23. The van der Waals surface area contributed by atoms with Crippen LogP contribution in [0.15, 0.2) is 27.8 Å². The van der Waals surface area contributed by atoms with E-state index in [1.54, 1.807) is 6.26 Å². The molecule has 6 nitrogen and oxygen atoms in total. The van der Waals surface area contributed by atoms with Crippen LogP contribution in [0.4, 0.5) is 0 Å². The van der Waals surface area contributed by atoms with E-state index in [1.807, 2.05) is 19.1 Å². The van der Waals surface area contributed by atoms with Crippen LogP contribution in [0.2, 0.25) is 0 Å². The summed E-state index contributed by atoms with van der Waals surface area (Å²) >= 11 is 0. The molecule has 1 saturated carbocycles. The molecule has 2 N–H and O–H groups in total. The molecular weight excluding hydrogens is 511 g/mol. The highest BCUT2D eigenvalue weighted by Gasteiger charge is 2.27. The van der Waals surface area contributed by atoms with E-state index in [2.05, 4.69) is 22.5 Å². The van der Waals surface area contributed by atoms with Crippen molar-refractivity contribution in [2.45, 2.75) is 76.1 Å². The summed E-state index contributed by atoms with van der Waals surface area (Å²) in [7, 11) is -0.706. The van der Waals surface area contributed by atoms with Crippen molar-refractivity contribution >= 4 is 40.7 Å². The molecule has 4 unspecified atom stereocenters. The molecule has 172 valence electrons. The van der Waals surface area contributed by atoms with E-state index in [4.69, 9.17) is 9.41 Å². The molecule has 0 aromatic carbocycles. The second-order valence-corrected chi connectivity index (χ2v) is 10.2. The average molecular weight is 551 g/mol. The Morgan fingerprint density at radius 1 is 1.30 bits per heavy atom. The number of halogens is 1. The fourth-order valence-electron chi connectivity index (χ4n) is 4.57. The molecule has 1 aromatic rings. The number of nitrogens with zero attached hydrogens (tertiary/aromatic N) is 2. The van der Waals surface area contributed by atoms with E-state index >= 15 is 0 Å². The van der Waals surface area contributed by atoms with Gasteiger partial charge in [0.05, 0.1) is 12.8 Å². The van der Waals surface area contributed by atoms with Crippen LogP contribution in [0.3, 0.4) is 0 Å². The molecule has 4 atom stereocenters. The van der Waals surface area contributed by atoms with Crippen molar-refractivity contribution in [3.8, 4) is 0 Å². The van der Waals surface area contributed by atoms with Gasteiger partial charge in [-0.2, -0.15) is 0 Å². The Kier molecular flexibility index (Phi) is 11.7. The van der Waals surface area contributed by atoms with Crippen LogP contribution in [0, 0.1) is 0 Å². The first-order valence-corrected chi connectivity index (χ1v) is 12.8. The fourth-order valence-corrected chi connectivity index (χ4v) is 5.92. The highest BCUT2D eigenvalue weighted by molar-refractivity contribution is 14.0. The van der Waals surface area contributed by atoms with Gasteiger partial charge >= 0.3 is 0 Å². The molecule has 1 aliphatic heterocycles. The predicted molar refractivity (Wildman–Crippen MR) is 136 cm³/mol. The summed E-state index contributed by atoms with van der Waals surface area (Å²) in [5, 5.41) is 7.48. The normalized spacial score (nSPS) is 26.2. The van der Waals surface area contributed by atoms with E-state index in [9.17, 15) is 4.21 Å². The molecule has 8 heteroatoms. The summed E-state index contributed by atoms with van der Waals surface area (Å²) in [6, 6.07) is 4.84. The molecule has 0 bridgehead atoms. The third-order valence-corrected chi connectivity index (χ3v) is 7.97. The number of hydrogen-bond acceptors (Lipinski definition) is 4. The fraction of sp³-hybridized carbons (Fsp3) is 0.773. The molecule has 0 amide bonds. The van der Waals surface area contributed by atoms with Crippen LogP contribution >= 0.6 is 24.0 Å². The van der Waals surface area contributed by atoms with Crippen LogP contribution in [-0.2, 0) is 17.2 Å². The molecule has 2 heterocycles. The summed E-state index contributed by atoms with van der Waals surface area (Å²) in [5.74, 6) is 2.64. The third kappa shape index (κ3) is 7.82. The molecule has 30 heavy (non-hydrogen) atoms. The number of aliphatic imine (C=N–C) groups is 1. The van der Waals surface area contributed by atoms with Gasteiger partial charge in [0.2, 0.25) is 0 Å². The summed E-state index contributed by atoms with van der Waals surface area (Å²) in [5.41, 5.74) is 0. The number of guanidine groups is 1. The van der Waals surface area contributed by atoms with Crippen molar-refractivity contribution in [2.75, 3.05) is 31.9 Å². The van der Waals surface area contributed by atoms with Crippen LogP contribution in [-0.4, -0.2) is 64.3 Å². The van der Waals surface area contributed by atoms with Gasteiger partial charge in [0, 0.05) is 46.9 Å². The number of hydrogen-bond donors (Lipinski definition) is 2. The molecule has 2 aliphatic rings. The number of furan rings is 1. The van der Waals surface area contributed by atoms with E-state index in [0.717, 1.165) is 69.2 Å². The minimum absolute atomic E-state index is 0. The molecule has 2 fully saturated rings. The first kappa shape index (κ1) is 25.6. The maximum atomic E-state index is 12.3. The lowest BCUT2D eigenvalue weighted by molar-refractivity contribution is 0.272. The van der Waals surface area contributed by atoms with Crippen molar-refractivity contribution in [1.29, 1.82) is 0 Å². The largest absolute Gasteiger partial charge is 0.469 e. The van der Waals surface area contributed by atoms with Gasteiger partial charge in [-0.3, -0.25) is 14.1 Å². The Balaban J connectivity index is 0.00000320. The van der Waals surface area contributed by atoms with Crippen molar-refractivity contribution < 1.29 is 8.63 Å². The summed E-state index contributed by atoms with van der Waals surface area (Å²) in [4.78, 5) is 7.49. The molecule has 0 spiro atoms. The lowest BCUT2D eigenvalue weighted by atomic mass is 9.95. The molecule has 0 radical (unpaired) electrons. The second-order valence-electron chi connectivity index (χ2n) is 8.17. The number of likely N-dealkylation sites (tertiary alicyclic amines) is 1. The summed E-state index contributed by atoms with van der Waals surface area (Å²) in [6.45, 7) is 8.18. The first-order valence-electron chi connectivity index (χ1n) is 11.4. The van der Waals surface area contributed by atoms with E-state index in [0.29, 0.717) is 17.3 Å². The lowest BCUT2D eigenvalue weighted by Gasteiger charge is -2.30. The first-order chi connectivity index (χ1) is 14.2. The number of likely N-dealkylation sites (N-methyl/N-ethyl adjacent to an activating group) is 1. The topological polar surface area (TPSA) is 69.9 Å². The highest BCUT2D eigenvalue weighted by Crippen LogP contribution is 2.23. The minimum atomic E-state index is -0.706. The van der Waals surface area contributed by atoms with Crippen molar-refractivity contribution in [3.63, 3.8) is 0 Å². The van der Waals surface area contributed by atoms with E-state index in [1.165, 1.54) is 19.4 Å². The molecular formula is C22H39IN4O2S. The number of rotatable bonds is 9. The van der Waals surface area contributed by atoms with Gasteiger partial charge in [0.15, 0.2) is 5.96 Å². The Labute approximate surface area is 201 Å². The predicted octanol–water partition coefficient (Wildman–Crippen LogP) is 3.54. The maximum absolute atomic E-state index is 12.3. The summed E-state index contributed by atoms with van der Waals surface area (Å²) in [6.07, 6.45) is 9.40. The van der Waals surface area contributed by atoms with E-state index < -0.39 is 10.8 Å². The molecule has 1 saturated heterocycles. The standard InChI is InChI=1S/C22H38N4O2S.HI/c1-3-26-14-6-9-19(26)17-24-22(23-13-12-20-10-7-15-28-20)25-18-8-5-11-21(16-18)29(27)4-2;/h7,10,15,18-19,21H,3-6,8-9,11-14,16-17H2,1-2H3,(H2,23,24,25);1H. The molecule has 1 aromatic heterocycles. The zero-order valence-corrected chi connectivity index (χ0v) is 21.6. The summed E-state index contributed by atoms with van der Waals surface area (Å²) < 4.78 is 17.7. The zero-order valence-electron chi connectivity index (χ0n) is 18.5. The van der Waals surface area contributed by atoms with Crippen molar-refractivity contribution in [2.24, 2.45) is 4.99 Å². The average Bonchev–Trinajstić information content (AvgIpc) is 3.43.